The predicted octanol–water partition coefficient (Wildman–Crippen LogP) is 3.10. The Morgan fingerprint density at radius 2 is 2.25 bits per heavy atom. The van der Waals surface area contributed by atoms with Crippen LogP contribution in [0.1, 0.15) is 34.9 Å². The zero-order valence-corrected chi connectivity index (χ0v) is 10.3. The Balaban J connectivity index is 2.14. The van der Waals surface area contributed by atoms with E-state index < -0.39 is 6.10 Å². The van der Waals surface area contributed by atoms with Crippen LogP contribution in [0.2, 0.25) is 0 Å². The van der Waals surface area contributed by atoms with E-state index >= 15 is 0 Å². The van der Waals surface area contributed by atoms with E-state index in [1.54, 1.807) is 18.3 Å². The van der Waals surface area contributed by atoms with E-state index in [9.17, 15) is 5.11 Å². The number of hydrogen-bond acceptors (Lipinski definition) is 3. The first-order valence-electron chi connectivity index (χ1n) is 5.33. The monoisotopic (exact) mass is 233 g/mol. The van der Waals surface area contributed by atoms with Crippen molar-refractivity contribution < 1.29 is 5.11 Å². The Bertz CT molecular complexity index is 476. The molecule has 0 bridgehead atoms. The van der Waals surface area contributed by atoms with Crippen molar-refractivity contribution in [3.05, 3.63) is 51.5 Å². The highest BCUT2D eigenvalue weighted by Gasteiger charge is 2.07. The van der Waals surface area contributed by atoms with Crippen LogP contribution < -0.4 is 0 Å². The maximum absolute atomic E-state index is 9.39. The lowest BCUT2D eigenvalue weighted by Gasteiger charge is -2.00. The molecule has 1 aromatic heterocycles. The van der Waals surface area contributed by atoms with Gasteiger partial charge < -0.3 is 5.11 Å². The van der Waals surface area contributed by atoms with Crippen molar-refractivity contribution in [2.45, 2.75) is 26.4 Å². The third kappa shape index (κ3) is 2.68. The van der Waals surface area contributed by atoms with Gasteiger partial charge in [0.2, 0.25) is 0 Å². The highest BCUT2D eigenvalue weighted by atomic mass is 32.1. The average Bonchev–Trinajstić information content (AvgIpc) is 2.66. The van der Waals surface area contributed by atoms with Gasteiger partial charge in [0.05, 0.1) is 16.8 Å². The minimum atomic E-state index is -0.470. The first-order valence-corrected chi connectivity index (χ1v) is 6.21. The molecule has 84 valence electrons. The van der Waals surface area contributed by atoms with E-state index in [0.717, 1.165) is 17.1 Å². The van der Waals surface area contributed by atoms with Crippen LogP contribution in [0.5, 0.6) is 0 Å². The summed E-state index contributed by atoms with van der Waals surface area (Å²) in [5.74, 6) is 0. The van der Waals surface area contributed by atoms with Gasteiger partial charge in [-0.1, -0.05) is 29.8 Å². The fraction of sp³-hybridized carbons (Fsp3) is 0.308. The van der Waals surface area contributed by atoms with Gasteiger partial charge in [-0.15, -0.1) is 11.3 Å². The number of aryl methyl sites for hydroxylation is 1. The lowest BCUT2D eigenvalue weighted by molar-refractivity contribution is 0.195. The van der Waals surface area contributed by atoms with Gasteiger partial charge in [0, 0.05) is 11.8 Å². The van der Waals surface area contributed by atoms with E-state index in [1.165, 1.54) is 11.1 Å². The molecule has 2 rings (SSSR count). The van der Waals surface area contributed by atoms with E-state index in [1.807, 2.05) is 5.38 Å². The summed E-state index contributed by atoms with van der Waals surface area (Å²) < 4.78 is 0. The molecule has 1 aromatic carbocycles. The van der Waals surface area contributed by atoms with Crippen molar-refractivity contribution >= 4 is 11.3 Å². The summed E-state index contributed by atoms with van der Waals surface area (Å²) in [5.41, 5.74) is 3.31. The maximum atomic E-state index is 9.39. The topological polar surface area (TPSA) is 33.1 Å². The Kier molecular flexibility index (Phi) is 3.36. The normalized spacial score (nSPS) is 12.7. The Labute approximate surface area is 99.6 Å². The molecule has 2 nitrogen and oxygen atoms in total. The van der Waals surface area contributed by atoms with Crippen LogP contribution in [-0.2, 0) is 6.42 Å². The highest BCUT2D eigenvalue weighted by molar-refractivity contribution is 7.09. The smallest absolute Gasteiger partial charge is 0.0973 e. The molecule has 1 unspecified atom stereocenters. The molecule has 0 aliphatic rings. The van der Waals surface area contributed by atoms with Crippen molar-refractivity contribution in [1.82, 2.24) is 4.98 Å². The molecular formula is C13H15NOS. The van der Waals surface area contributed by atoms with E-state index in [2.05, 4.69) is 36.2 Å². The molecular weight excluding hydrogens is 218 g/mol. The third-order valence-electron chi connectivity index (χ3n) is 2.44. The molecule has 2 aromatic rings. The fourth-order valence-electron chi connectivity index (χ4n) is 1.59. The summed E-state index contributed by atoms with van der Waals surface area (Å²) in [6.45, 7) is 3.83. The molecule has 0 amide bonds. The number of aliphatic hydroxyl groups excluding tert-OH is 1. The summed E-state index contributed by atoms with van der Waals surface area (Å²) in [5, 5.41) is 12.4. The predicted molar refractivity (Wildman–Crippen MR) is 66.7 cm³/mol. The summed E-state index contributed by atoms with van der Waals surface area (Å²) in [6, 6.07) is 8.43. The van der Waals surface area contributed by atoms with Gasteiger partial charge in [0.15, 0.2) is 0 Å². The van der Waals surface area contributed by atoms with Crippen LogP contribution in [0, 0.1) is 6.92 Å². The molecule has 0 spiro atoms. The van der Waals surface area contributed by atoms with Gasteiger partial charge in [0.1, 0.15) is 0 Å². The number of benzene rings is 1. The molecule has 0 fully saturated rings. The van der Waals surface area contributed by atoms with Crippen LogP contribution in [-0.4, -0.2) is 10.1 Å². The maximum Gasteiger partial charge on any atom is 0.0973 e. The van der Waals surface area contributed by atoms with Gasteiger partial charge >= 0.3 is 0 Å². The van der Waals surface area contributed by atoms with Gasteiger partial charge in [-0.05, 0) is 19.4 Å². The summed E-state index contributed by atoms with van der Waals surface area (Å²) in [6.07, 6.45) is 0.376. The van der Waals surface area contributed by atoms with Crippen LogP contribution in [0.15, 0.2) is 29.6 Å². The molecule has 16 heavy (non-hydrogen) atoms. The standard InChI is InChI=1S/C13H15NOS/c1-9-4-3-5-11(6-9)7-13-14-12(8-16-13)10(2)15/h3-6,8,10,15H,7H2,1-2H3. The molecule has 1 heterocycles. The minimum absolute atomic E-state index is 0.470. The molecule has 1 atom stereocenters. The van der Waals surface area contributed by atoms with Crippen molar-refractivity contribution in [1.29, 1.82) is 0 Å². The first kappa shape index (κ1) is 11.3. The second kappa shape index (κ2) is 4.76. The van der Waals surface area contributed by atoms with Crippen LogP contribution in [0.25, 0.3) is 0 Å². The molecule has 1 N–H and O–H groups in total. The van der Waals surface area contributed by atoms with E-state index in [-0.39, 0.29) is 0 Å². The molecule has 3 heteroatoms. The van der Waals surface area contributed by atoms with Gasteiger partial charge in [-0.2, -0.15) is 0 Å². The molecule has 0 saturated heterocycles. The van der Waals surface area contributed by atoms with Gasteiger partial charge in [-0.3, -0.25) is 0 Å². The third-order valence-corrected chi connectivity index (χ3v) is 3.30. The van der Waals surface area contributed by atoms with Crippen molar-refractivity contribution in [2.75, 3.05) is 0 Å². The summed E-state index contributed by atoms with van der Waals surface area (Å²) in [4.78, 5) is 4.40. The molecule has 0 aliphatic carbocycles. The lowest BCUT2D eigenvalue weighted by Crippen LogP contribution is -1.93. The average molecular weight is 233 g/mol. The van der Waals surface area contributed by atoms with E-state index in [4.69, 9.17) is 0 Å². The number of nitrogens with zero attached hydrogens (tertiary/aromatic N) is 1. The number of aromatic nitrogens is 1. The highest BCUT2D eigenvalue weighted by Crippen LogP contribution is 2.19. The largest absolute Gasteiger partial charge is 0.387 e. The zero-order chi connectivity index (χ0) is 11.5. The zero-order valence-electron chi connectivity index (χ0n) is 9.47. The minimum Gasteiger partial charge on any atom is -0.387 e. The van der Waals surface area contributed by atoms with Crippen molar-refractivity contribution in [2.24, 2.45) is 0 Å². The SMILES string of the molecule is Cc1cccc(Cc2nc(C(C)O)cs2)c1. The molecule has 0 saturated carbocycles. The quantitative estimate of drug-likeness (QED) is 0.883. The van der Waals surface area contributed by atoms with Crippen LogP contribution in [0.3, 0.4) is 0 Å². The number of aliphatic hydroxyl groups is 1. The van der Waals surface area contributed by atoms with Gasteiger partial charge in [0.25, 0.3) is 0 Å². The summed E-state index contributed by atoms with van der Waals surface area (Å²) >= 11 is 1.61. The first-order chi connectivity index (χ1) is 7.65. The Morgan fingerprint density at radius 3 is 2.88 bits per heavy atom. The number of thiazole rings is 1. The van der Waals surface area contributed by atoms with Gasteiger partial charge in [-0.25, -0.2) is 4.98 Å². The second-order valence-electron chi connectivity index (χ2n) is 4.01. The Morgan fingerprint density at radius 1 is 1.44 bits per heavy atom. The molecule has 0 aliphatic heterocycles. The van der Waals surface area contributed by atoms with Crippen molar-refractivity contribution in [3.8, 4) is 0 Å². The van der Waals surface area contributed by atoms with Crippen molar-refractivity contribution in [3.63, 3.8) is 0 Å². The fourth-order valence-corrected chi connectivity index (χ4v) is 2.51. The molecule has 0 radical (unpaired) electrons. The van der Waals surface area contributed by atoms with Crippen LogP contribution in [0.4, 0.5) is 0 Å². The lowest BCUT2D eigenvalue weighted by atomic mass is 10.1. The summed E-state index contributed by atoms with van der Waals surface area (Å²) in [7, 11) is 0. The second-order valence-corrected chi connectivity index (χ2v) is 4.95. The number of hydrogen-bond donors (Lipinski definition) is 1. The van der Waals surface area contributed by atoms with E-state index in [0.29, 0.717) is 0 Å². The van der Waals surface area contributed by atoms with Crippen LogP contribution >= 0.6 is 11.3 Å². The Hall–Kier alpha value is -1.19. The number of rotatable bonds is 3.